The molecule has 106 valence electrons. The second-order valence-corrected chi connectivity index (χ2v) is 5.66. The van der Waals surface area contributed by atoms with E-state index < -0.39 is 0 Å². The molecule has 3 N–H and O–H groups in total. The van der Waals surface area contributed by atoms with Crippen molar-refractivity contribution in [1.29, 1.82) is 5.26 Å². The summed E-state index contributed by atoms with van der Waals surface area (Å²) in [5.74, 6) is 0.636. The van der Waals surface area contributed by atoms with Gasteiger partial charge < -0.3 is 11.1 Å². The molecular weight excluding hydrogens is 274 g/mol. The molecule has 1 aliphatic carbocycles. The Labute approximate surface area is 123 Å². The zero-order valence-electron chi connectivity index (χ0n) is 11.2. The van der Waals surface area contributed by atoms with Crippen LogP contribution in [0.1, 0.15) is 31.2 Å². The number of carbonyl (C=O) groups excluding carboxylic acids is 1. The third-order valence-electron chi connectivity index (χ3n) is 3.91. The second-order valence-electron chi connectivity index (χ2n) is 5.25. The maximum Gasteiger partial charge on any atom is 0.227 e. The van der Waals surface area contributed by atoms with Gasteiger partial charge in [0.1, 0.15) is 6.07 Å². The number of carbonyl (C=O) groups is 1. The number of anilines is 1. The van der Waals surface area contributed by atoms with E-state index in [-0.39, 0.29) is 11.8 Å². The summed E-state index contributed by atoms with van der Waals surface area (Å²) in [6.45, 7) is 0.708. The highest BCUT2D eigenvalue weighted by Crippen LogP contribution is 2.29. The van der Waals surface area contributed by atoms with Crippen molar-refractivity contribution in [2.24, 2.45) is 17.6 Å². The highest BCUT2D eigenvalue weighted by molar-refractivity contribution is 6.32. The van der Waals surface area contributed by atoms with Crippen LogP contribution >= 0.6 is 11.6 Å². The summed E-state index contributed by atoms with van der Waals surface area (Å²) in [6, 6.07) is 6.93. The quantitative estimate of drug-likeness (QED) is 0.898. The Morgan fingerprint density at radius 3 is 2.65 bits per heavy atom. The standard InChI is InChI=1S/C15H18ClN3O/c16-14-7-13(6-5-12(14)9-18)19-15(20)11-3-1-10(8-17)2-4-11/h5-7,10-11H,1-4,8,17H2,(H,19,20). The molecule has 1 aromatic carbocycles. The molecule has 20 heavy (non-hydrogen) atoms. The molecule has 0 saturated heterocycles. The Morgan fingerprint density at radius 1 is 1.40 bits per heavy atom. The molecule has 0 unspecified atom stereocenters. The SMILES string of the molecule is N#Cc1ccc(NC(=O)C2CCC(CN)CC2)cc1Cl. The average Bonchev–Trinajstić information content (AvgIpc) is 2.47. The fraction of sp³-hybridized carbons (Fsp3) is 0.467. The molecule has 2 rings (SSSR count). The molecule has 1 aromatic rings. The monoisotopic (exact) mass is 291 g/mol. The number of hydrogen-bond donors (Lipinski definition) is 2. The van der Waals surface area contributed by atoms with Crippen LogP contribution in [0, 0.1) is 23.2 Å². The van der Waals surface area contributed by atoms with Crippen LogP contribution < -0.4 is 11.1 Å². The number of nitrogens with two attached hydrogens (primary N) is 1. The number of nitrogens with zero attached hydrogens (tertiary/aromatic N) is 1. The van der Waals surface area contributed by atoms with Crippen molar-refractivity contribution in [3.05, 3.63) is 28.8 Å². The lowest BCUT2D eigenvalue weighted by Gasteiger charge is -2.26. The van der Waals surface area contributed by atoms with Crippen molar-refractivity contribution in [2.75, 3.05) is 11.9 Å². The van der Waals surface area contributed by atoms with Crippen molar-refractivity contribution in [3.63, 3.8) is 0 Å². The number of benzene rings is 1. The van der Waals surface area contributed by atoms with Crippen LogP contribution in [-0.2, 0) is 4.79 Å². The minimum absolute atomic E-state index is 0.0289. The first kappa shape index (κ1) is 14.8. The number of amides is 1. The van der Waals surface area contributed by atoms with Gasteiger partial charge in [0.15, 0.2) is 0 Å². The third-order valence-corrected chi connectivity index (χ3v) is 4.22. The van der Waals surface area contributed by atoms with E-state index >= 15 is 0 Å². The van der Waals surface area contributed by atoms with Crippen molar-refractivity contribution < 1.29 is 4.79 Å². The van der Waals surface area contributed by atoms with E-state index in [4.69, 9.17) is 22.6 Å². The molecule has 0 atom stereocenters. The summed E-state index contributed by atoms with van der Waals surface area (Å²) in [5, 5.41) is 12.0. The van der Waals surface area contributed by atoms with E-state index in [9.17, 15) is 4.79 Å². The largest absolute Gasteiger partial charge is 0.330 e. The summed E-state index contributed by atoms with van der Waals surface area (Å²) in [4.78, 5) is 12.2. The van der Waals surface area contributed by atoms with Gasteiger partial charge >= 0.3 is 0 Å². The van der Waals surface area contributed by atoms with Gasteiger partial charge in [-0.05, 0) is 56.3 Å². The summed E-state index contributed by atoms with van der Waals surface area (Å²) in [6.07, 6.45) is 3.81. The molecule has 1 aliphatic rings. The number of hydrogen-bond acceptors (Lipinski definition) is 3. The van der Waals surface area contributed by atoms with Crippen LogP contribution in [0.15, 0.2) is 18.2 Å². The number of nitriles is 1. The van der Waals surface area contributed by atoms with E-state index in [1.165, 1.54) is 0 Å². The molecule has 0 heterocycles. The Balaban J connectivity index is 1.95. The lowest BCUT2D eigenvalue weighted by atomic mass is 9.81. The summed E-state index contributed by atoms with van der Waals surface area (Å²) >= 11 is 5.95. The van der Waals surface area contributed by atoms with Crippen LogP contribution in [-0.4, -0.2) is 12.5 Å². The average molecular weight is 292 g/mol. The minimum atomic E-state index is 0.0289. The Hall–Kier alpha value is -1.57. The molecule has 1 fully saturated rings. The summed E-state index contributed by atoms with van der Waals surface area (Å²) in [5.41, 5.74) is 6.70. The predicted molar refractivity (Wildman–Crippen MR) is 79.3 cm³/mol. The lowest BCUT2D eigenvalue weighted by molar-refractivity contribution is -0.121. The zero-order chi connectivity index (χ0) is 14.5. The van der Waals surface area contributed by atoms with Gasteiger partial charge in [-0.15, -0.1) is 0 Å². The Kier molecular flexibility index (Phi) is 4.99. The minimum Gasteiger partial charge on any atom is -0.330 e. The molecule has 0 spiro atoms. The van der Waals surface area contributed by atoms with E-state index in [0.717, 1.165) is 25.7 Å². The Morgan fingerprint density at radius 2 is 2.10 bits per heavy atom. The molecular formula is C15H18ClN3O. The van der Waals surface area contributed by atoms with Gasteiger partial charge in [-0.1, -0.05) is 11.6 Å². The predicted octanol–water partition coefficient (Wildman–Crippen LogP) is 2.92. The van der Waals surface area contributed by atoms with Crippen LogP contribution in [0.4, 0.5) is 5.69 Å². The van der Waals surface area contributed by atoms with E-state index in [1.807, 2.05) is 6.07 Å². The first-order valence-corrected chi connectivity index (χ1v) is 7.22. The highest BCUT2D eigenvalue weighted by atomic mass is 35.5. The molecule has 0 radical (unpaired) electrons. The van der Waals surface area contributed by atoms with Crippen molar-refractivity contribution >= 4 is 23.2 Å². The third kappa shape index (κ3) is 3.50. The van der Waals surface area contributed by atoms with E-state index in [2.05, 4.69) is 5.32 Å². The van der Waals surface area contributed by atoms with Crippen LogP contribution in [0.25, 0.3) is 0 Å². The maximum absolute atomic E-state index is 12.2. The Bertz CT molecular complexity index is 530. The molecule has 0 aliphatic heterocycles. The van der Waals surface area contributed by atoms with Crippen LogP contribution in [0.3, 0.4) is 0 Å². The zero-order valence-corrected chi connectivity index (χ0v) is 12.0. The smallest absolute Gasteiger partial charge is 0.227 e. The van der Waals surface area contributed by atoms with Gasteiger partial charge in [-0.3, -0.25) is 4.79 Å². The normalized spacial score (nSPS) is 22.1. The van der Waals surface area contributed by atoms with E-state index in [1.54, 1.807) is 18.2 Å². The van der Waals surface area contributed by atoms with Crippen molar-refractivity contribution in [1.82, 2.24) is 0 Å². The molecule has 0 bridgehead atoms. The van der Waals surface area contributed by atoms with Gasteiger partial charge in [-0.25, -0.2) is 0 Å². The van der Waals surface area contributed by atoms with Gasteiger partial charge in [0.25, 0.3) is 0 Å². The van der Waals surface area contributed by atoms with Gasteiger partial charge in [0, 0.05) is 11.6 Å². The number of rotatable bonds is 3. The fourth-order valence-corrected chi connectivity index (χ4v) is 2.81. The van der Waals surface area contributed by atoms with Crippen molar-refractivity contribution in [2.45, 2.75) is 25.7 Å². The molecule has 5 heteroatoms. The van der Waals surface area contributed by atoms with Gasteiger partial charge in [-0.2, -0.15) is 5.26 Å². The first-order valence-electron chi connectivity index (χ1n) is 6.84. The van der Waals surface area contributed by atoms with E-state index in [0.29, 0.717) is 28.7 Å². The lowest BCUT2D eigenvalue weighted by Crippen LogP contribution is -2.29. The maximum atomic E-state index is 12.2. The summed E-state index contributed by atoms with van der Waals surface area (Å²) < 4.78 is 0. The second kappa shape index (κ2) is 6.74. The molecule has 1 saturated carbocycles. The molecule has 1 amide bonds. The van der Waals surface area contributed by atoms with Crippen LogP contribution in [0.5, 0.6) is 0 Å². The molecule has 0 aromatic heterocycles. The number of halogens is 1. The van der Waals surface area contributed by atoms with Crippen molar-refractivity contribution in [3.8, 4) is 6.07 Å². The number of nitrogens with one attached hydrogen (secondary N) is 1. The van der Waals surface area contributed by atoms with Gasteiger partial charge in [0.05, 0.1) is 10.6 Å². The molecule has 4 nitrogen and oxygen atoms in total. The fourth-order valence-electron chi connectivity index (χ4n) is 2.59. The highest BCUT2D eigenvalue weighted by Gasteiger charge is 2.25. The van der Waals surface area contributed by atoms with Crippen LogP contribution in [0.2, 0.25) is 5.02 Å². The topological polar surface area (TPSA) is 78.9 Å². The summed E-state index contributed by atoms with van der Waals surface area (Å²) in [7, 11) is 0. The van der Waals surface area contributed by atoms with Gasteiger partial charge in [0.2, 0.25) is 5.91 Å². The first-order chi connectivity index (χ1) is 9.63.